The van der Waals surface area contributed by atoms with Crippen molar-refractivity contribution in [2.75, 3.05) is 13.1 Å². The van der Waals surface area contributed by atoms with Crippen LogP contribution < -0.4 is 15.4 Å². The van der Waals surface area contributed by atoms with Crippen LogP contribution in [0.4, 0.5) is 0 Å². The predicted molar refractivity (Wildman–Crippen MR) is 104 cm³/mol. The van der Waals surface area contributed by atoms with Gasteiger partial charge in [0.05, 0.1) is 0 Å². The van der Waals surface area contributed by atoms with E-state index in [1.54, 1.807) is 12.1 Å². The van der Waals surface area contributed by atoms with E-state index in [1.165, 1.54) is 5.56 Å². The zero-order valence-corrected chi connectivity index (χ0v) is 16.3. The summed E-state index contributed by atoms with van der Waals surface area (Å²) in [7, 11) is 0. The molecule has 142 valence electrons. The molecule has 3 rings (SSSR count). The Bertz CT molecular complexity index is 744. The molecule has 1 aromatic carbocycles. The number of hydrogen-bond donors (Lipinski definition) is 2. The van der Waals surface area contributed by atoms with Crippen molar-refractivity contribution in [3.8, 4) is 5.75 Å². The van der Waals surface area contributed by atoms with Crippen molar-refractivity contribution in [1.29, 1.82) is 0 Å². The smallest absolute Gasteiger partial charge is 0.287 e. The molecule has 5 nitrogen and oxygen atoms in total. The van der Waals surface area contributed by atoms with E-state index in [2.05, 4.69) is 30.5 Å². The minimum atomic E-state index is -0.156. The molecule has 0 spiro atoms. The van der Waals surface area contributed by atoms with Crippen LogP contribution in [0.1, 0.15) is 40.8 Å². The highest BCUT2D eigenvalue weighted by Crippen LogP contribution is 2.21. The van der Waals surface area contributed by atoms with E-state index in [1.807, 2.05) is 19.1 Å². The van der Waals surface area contributed by atoms with E-state index < -0.39 is 0 Å². The van der Waals surface area contributed by atoms with Crippen LogP contribution >= 0.6 is 12.4 Å². The second kappa shape index (κ2) is 9.10. The molecule has 0 saturated carbocycles. The van der Waals surface area contributed by atoms with Gasteiger partial charge >= 0.3 is 0 Å². The van der Waals surface area contributed by atoms with Crippen molar-refractivity contribution in [2.24, 2.45) is 5.92 Å². The van der Waals surface area contributed by atoms with Gasteiger partial charge in [0.2, 0.25) is 0 Å². The Hall–Kier alpha value is -1.98. The van der Waals surface area contributed by atoms with Crippen molar-refractivity contribution >= 4 is 18.3 Å². The maximum Gasteiger partial charge on any atom is 0.287 e. The number of furan rings is 1. The minimum absolute atomic E-state index is 0. The second-order valence-corrected chi connectivity index (χ2v) is 6.87. The quantitative estimate of drug-likeness (QED) is 0.834. The number of nitrogens with one attached hydrogen (secondary N) is 2. The average Bonchev–Trinajstić information content (AvgIpc) is 3.05. The summed E-state index contributed by atoms with van der Waals surface area (Å²) in [5.74, 6) is 2.07. The lowest BCUT2D eigenvalue weighted by Gasteiger charge is -2.29. The molecule has 1 aliphatic rings. The van der Waals surface area contributed by atoms with Crippen LogP contribution in [0.5, 0.6) is 5.75 Å². The van der Waals surface area contributed by atoms with Gasteiger partial charge in [-0.2, -0.15) is 0 Å². The van der Waals surface area contributed by atoms with Crippen molar-refractivity contribution in [2.45, 2.75) is 39.8 Å². The molecule has 1 fully saturated rings. The van der Waals surface area contributed by atoms with Gasteiger partial charge in [0.1, 0.15) is 18.1 Å². The number of hydrogen-bond acceptors (Lipinski definition) is 4. The molecule has 1 aliphatic heterocycles. The monoisotopic (exact) mass is 378 g/mol. The van der Waals surface area contributed by atoms with Gasteiger partial charge in [-0.15, -0.1) is 12.4 Å². The second-order valence-electron chi connectivity index (χ2n) is 6.87. The summed E-state index contributed by atoms with van der Waals surface area (Å²) in [4.78, 5) is 12.4. The maximum atomic E-state index is 12.4. The topological polar surface area (TPSA) is 63.5 Å². The van der Waals surface area contributed by atoms with Gasteiger partial charge in [-0.25, -0.2) is 0 Å². The molecule has 0 radical (unpaired) electrons. The molecule has 0 aliphatic carbocycles. The average molecular weight is 379 g/mol. The van der Waals surface area contributed by atoms with Gasteiger partial charge < -0.3 is 19.8 Å². The van der Waals surface area contributed by atoms with E-state index >= 15 is 0 Å². The summed E-state index contributed by atoms with van der Waals surface area (Å²) in [5.41, 5.74) is 2.29. The van der Waals surface area contributed by atoms with E-state index in [0.29, 0.717) is 24.0 Å². The summed E-state index contributed by atoms with van der Waals surface area (Å²) in [6.45, 7) is 8.38. The largest absolute Gasteiger partial charge is 0.485 e. The minimum Gasteiger partial charge on any atom is -0.485 e. The number of piperidine rings is 1. The van der Waals surface area contributed by atoms with E-state index in [4.69, 9.17) is 9.15 Å². The Kier molecular flexibility index (Phi) is 7.12. The Morgan fingerprint density at radius 3 is 2.85 bits per heavy atom. The first-order valence-electron chi connectivity index (χ1n) is 8.83. The first-order chi connectivity index (χ1) is 12.0. The highest BCUT2D eigenvalue weighted by atomic mass is 35.5. The van der Waals surface area contributed by atoms with Crippen LogP contribution in [0.25, 0.3) is 0 Å². The zero-order valence-electron chi connectivity index (χ0n) is 15.5. The van der Waals surface area contributed by atoms with Crippen LogP contribution in [-0.2, 0) is 6.61 Å². The third kappa shape index (κ3) is 5.02. The first kappa shape index (κ1) is 20.3. The summed E-state index contributed by atoms with van der Waals surface area (Å²) in [6.07, 6.45) is 0.941. The summed E-state index contributed by atoms with van der Waals surface area (Å²) in [6, 6.07) is 9.75. The Labute approximate surface area is 160 Å². The van der Waals surface area contributed by atoms with Crippen LogP contribution in [0, 0.1) is 19.8 Å². The maximum absolute atomic E-state index is 12.4. The zero-order chi connectivity index (χ0) is 17.8. The van der Waals surface area contributed by atoms with Gasteiger partial charge in [-0.05, 0) is 63.0 Å². The fourth-order valence-electron chi connectivity index (χ4n) is 3.16. The molecule has 2 atom stereocenters. The lowest BCUT2D eigenvalue weighted by molar-refractivity contribution is 0.0882. The van der Waals surface area contributed by atoms with E-state index in [0.717, 1.165) is 30.8 Å². The van der Waals surface area contributed by atoms with Crippen molar-refractivity contribution in [1.82, 2.24) is 10.6 Å². The molecular formula is C20H27ClN2O3. The fourth-order valence-corrected chi connectivity index (χ4v) is 3.16. The van der Waals surface area contributed by atoms with Crippen molar-refractivity contribution in [3.05, 3.63) is 53.0 Å². The van der Waals surface area contributed by atoms with Gasteiger partial charge in [-0.1, -0.05) is 24.6 Å². The summed E-state index contributed by atoms with van der Waals surface area (Å²) in [5, 5.41) is 6.40. The Balaban J connectivity index is 0.00000243. The SMILES string of the molecule is Cc1ccc(OCc2ccc(C(=O)NC3CCNCC3C)o2)c(C)c1.Cl. The molecule has 1 aromatic heterocycles. The van der Waals surface area contributed by atoms with E-state index in [9.17, 15) is 4.79 Å². The first-order valence-corrected chi connectivity index (χ1v) is 8.83. The standard InChI is InChI=1S/C20H26N2O3.ClH/c1-13-4-6-18(14(2)10-13)24-12-16-5-7-19(25-16)20(23)22-17-8-9-21-11-15(17)3;/h4-7,10,15,17,21H,8-9,11-12H2,1-3H3,(H,22,23);1H. The lowest BCUT2D eigenvalue weighted by Crippen LogP contribution is -2.48. The number of rotatable bonds is 5. The molecular weight excluding hydrogens is 352 g/mol. The molecule has 2 heterocycles. The number of amides is 1. The van der Waals surface area contributed by atoms with Crippen molar-refractivity contribution in [3.63, 3.8) is 0 Å². The Morgan fingerprint density at radius 2 is 2.12 bits per heavy atom. The van der Waals surface area contributed by atoms with Crippen LogP contribution in [0.15, 0.2) is 34.7 Å². The number of aryl methyl sites for hydroxylation is 2. The summed E-state index contributed by atoms with van der Waals surface area (Å²) >= 11 is 0. The molecule has 6 heteroatoms. The predicted octanol–water partition coefficient (Wildman–Crippen LogP) is 3.63. The van der Waals surface area contributed by atoms with Crippen LogP contribution in [0.2, 0.25) is 0 Å². The molecule has 26 heavy (non-hydrogen) atoms. The molecule has 2 aromatic rings. The number of halogens is 1. The van der Waals surface area contributed by atoms with Crippen LogP contribution in [-0.4, -0.2) is 25.0 Å². The molecule has 2 unspecified atom stereocenters. The fraction of sp³-hybridized carbons (Fsp3) is 0.450. The highest BCUT2D eigenvalue weighted by Gasteiger charge is 2.24. The van der Waals surface area contributed by atoms with Gasteiger partial charge in [0, 0.05) is 6.04 Å². The molecule has 0 bridgehead atoms. The third-order valence-electron chi connectivity index (χ3n) is 4.69. The number of benzene rings is 1. The van der Waals surface area contributed by atoms with Gasteiger partial charge in [0.25, 0.3) is 5.91 Å². The van der Waals surface area contributed by atoms with Crippen LogP contribution in [0.3, 0.4) is 0 Å². The van der Waals surface area contributed by atoms with E-state index in [-0.39, 0.29) is 24.4 Å². The number of carbonyl (C=O) groups is 1. The molecule has 2 N–H and O–H groups in total. The van der Waals surface area contributed by atoms with Crippen molar-refractivity contribution < 1.29 is 13.9 Å². The highest BCUT2D eigenvalue weighted by molar-refractivity contribution is 5.91. The normalized spacial score (nSPS) is 19.5. The summed E-state index contributed by atoms with van der Waals surface area (Å²) < 4.78 is 11.5. The third-order valence-corrected chi connectivity index (χ3v) is 4.69. The van der Waals surface area contributed by atoms with Gasteiger partial charge in [-0.3, -0.25) is 4.79 Å². The molecule has 1 amide bonds. The number of carbonyl (C=O) groups excluding carboxylic acids is 1. The number of ether oxygens (including phenoxy) is 1. The van der Waals surface area contributed by atoms with Gasteiger partial charge in [0.15, 0.2) is 5.76 Å². The molecule has 1 saturated heterocycles. The lowest BCUT2D eigenvalue weighted by atomic mass is 9.95. The Morgan fingerprint density at radius 1 is 1.31 bits per heavy atom.